The third-order valence-corrected chi connectivity index (χ3v) is 4.82. The molecule has 0 aliphatic rings. The average Bonchev–Trinajstić information content (AvgIpc) is 3.14. The summed E-state index contributed by atoms with van der Waals surface area (Å²) in [5.41, 5.74) is 1.37. The molecule has 1 amide bonds. The first-order valence-electron chi connectivity index (χ1n) is 8.66. The van der Waals surface area contributed by atoms with Gasteiger partial charge in [-0.15, -0.1) is 0 Å². The highest BCUT2D eigenvalue weighted by molar-refractivity contribution is 6.30. The summed E-state index contributed by atoms with van der Waals surface area (Å²) in [5, 5.41) is 0.662. The van der Waals surface area contributed by atoms with Crippen LogP contribution >= 0.6 is 11.6 Å². The van der Waals surface area contributed by atoms with Crippen molar-refractivity contribution < 1.29 is 13.6 Å². The van der Waals surface area contributed by atoms with Crippen molar-refractivity contribution in [3.63, 3.8) is 0 Å². The van der Waals surface area contributed by atoms with Gasteiger partial charge in [-0.05, 0) is 36.8 Å². The number of amides is 1. The number of nitrogens with zero attached hydrogens (tertiary/aromatic N) is 2. The fourth-order valence-corrected chi connectivity index (χ4v) is 2.91. The molecule has 1 aromatic heterocycles. The molecule has 27 heavy (non-hydrogen) atoms. The maximum Gasteiger partial charge on any atom is 0.223 e. The Bertz CT molecular complexity index is 924. The fourth-order valence-electron chi connectivity index (χ4n) is 2.78. The van der Waals surface area contributed by atoms with Crippen LogP contribution < -0.4 is 0 Å². The van der Waals surface area contributed by atoms with Crippen LogP contribution in [-0.4, -0.2) is 22.8 Å². The van der Waals surface area contributed by atoms with E-state index in [-0.39, 0.29) is 24.2 Å². The predicted octanol–water partition coefficient (Wildman–Crippen LogP) is 5.29. The SMILES string of the molecule is C[C@@H](c1ccc(Cl)cc1)N(C)C(=O)CCc1ncc(-c2ccccc2F)o1. The van der Waals surface area contributed by atoms with Crippen LogP contribution in [0, 0.1) is 5.82 Å². The third kappa shape index (κ3) is 4.55. The molecular weight excluding hydrogens is 367 g/mol. The molecule has 0 bridgehead atoms. The van der Waals surface area contributed by atoms with E-state index in [9.17, 15) is 9.18 Å². The van der Waals surface area contributed by atoms with Gasteiger partial charge < -0.3 is 9.32 Å². The lowest BCUT2D eigenvalue weighted by atomic mass is 10.1. The van der Waals surface area contributed by atoms with Gasteiger partial charge in [0.15, 0.2) is 11.7 Å². The highest BCUT2D eigenvalue weighted by atomic mass is 35.5. The smallest absolute Gasteiger partial charge is 0.223 e. The summed E-state index contributed by atoms with van der Waals surface area (Å²) in [6.07, 6.45) is 2.09. The second-order valence-electron chi connectivity index (χ2n) is 6.33. The lowest BCUT2D eigenvalue weighted by Crippen LogP contribution is -2.29. The molecule has 0 N–H and O–H groups in total. The second kappa shape index (κ2) is 8.35. The molecule has 1 atom stereocenters. The van der Waals surface area contributed by atoms with Gasteiger partial charge in [-0.1, -0.05) is 35.9 Å². The minimum absolute atomic E-state index is 0.0249. The van der Waals surface area contributed by atoms with Crippen molar-refractivity contribution in [1.82, 2.24) is 9.88 Å². The maximum atomic E-state index is 13.8. The second-order valence-corrected chi connectivity index (χ2v) is 6.77. The molecule has 0 saturated carbocycles. The summed E-state index contributed by atoms with van der Waals surface area (Å²) >= 11 is 5.91. The summed E-state index contributed by atoms with van der Waals surface area (Å²) in [7, 11) is 1.77. The van der Waals surface area contributed by atoms with Gasteiger partial charge in [0, 0.05) is 24.9 Å². The molecule has 0 spiro atoms. The minimum atomic E-state index is -0.368. The van der Waals surface area contributed by atoms with Gasteiger partial charge in [0.05, 0.1) is 17.8 Å². The van der Waals surface area contributed by atoms with E-state index in [2.05, 4.69) is 4.98 Å². The Hall–Kier alpha value is -2.66. The van der Waals surface area contributed by atoms with E-state index in [1.807, 2.05) is 31.2 Å². The number of oxazole rings is 1. The number of aromatic nitrogens is 1. The van der Waals surface area contributed by atoms with Gasteiger partial charge in [-0.3, -0.25) is 4.79 Å². The van der Waals surface area contributed by atoms with Crippen LogP contribution in [0.4, 0.5) is 4.39 Å². The average molecular weight is 387 g/mol. The molecule has 0 aliphatic heterocycles. The van der Waals surface area contributed by atoms with Crippen molar-refractivity contribution in [1.29, 1.82) is 0 Å². The molecular formula is C21H20ClFN2O2. The van der Waals surface area contributed by atoms with E-state index in [0.717, 1.165) is 5.56 Å². The number of rotatable bonds is 6. The first-order chi connectivity index (χ1) is 13.0. The number of hydrogen-bond acceptors (Lipinski definition) is 3. The number of carbonyl (C=O) groups excluding carboxylic acids is 1. The van der Waals surface area contributed by atoms with E-state index in [4.69, 9.17) is 16.0 Å². The third-order valence-electron chi connectivity index (χ3n) is 4.57. The van der Waals surface area contributed by atoms with Gasteiger partial charge in [-0.25, -0.2) is 9.37 Å². The number of aryl methyl sites for hydroxylation is 1. The van der Waals surface area contributed by atoms with Crippen molar-refractivity contribution in [3.05, 3.63) is 77.0 Å². The van der Waals surface area contributed by atoms with Crippen LogP contribution in [0.15, 0.2) is 59.1 Å². The molecule has 2 aromatic carbocycles. The zero-order chi connectivity index (χ0) is 19.4. The zero-order valence-electron chi connectivity index (χ0n) is 15.2. The Morgan fingerprint density at radius 3 is 2.63 bits per heavy atom. The molecule has 4 nitrogen and oxygen atoms in total. The van der Waals surface area contributed by atoms with Crippen LogP contribution in [0.25, 0.3) is 11.3 Å². The summed E-state index contributed by atoms with van der Waals surface area (Å²) in [6.45, 7) is 1.96. The Morgan fingerprint density at radius 1 is 1.22 bits per heavy atom. The fraction of sp³-hybridized carbons (Fsp3) is 0.238. The molecule has 0 saturated heterocycles. The number of benzene rings is 2. The van der Waals surface area contributed by atoms with Gasteiger partial charge in [0.1, 0.15) is 5.82 Å². The largest absolute Gasteiger partial charge is 0.441 e. The molecule has 3 rings (SSSR count). The Balaban J connectivity index is 1.60. The zero-order valence-corrected chi connectivity index (χ0v) is 15.9. The van der Waals surface area contributed by atoms with Crippen molar-refractivity contribution >= 4 is 17.5 Å². The van der Waals surface area contributed by atoms with Gasteiger partial charge in [0.2, 0.25) is 5.91 Å². The Morgan fingerprint density at radius 2 is 1.93 bits per heavy atom. The molecule has 140 valence electrons. The van der Waals surface area contributed by atoms with Crippen molar-refractivity contribution in [2.75, 3.05) is 7.05 Å². The normalized spacial score (nSPS) is 12.0. The minimum Gasteiger partial charge on any atom is -0.441 e. The van der Waals surface area contributed by atoms with E-state index in [0.29, 0.717) is 28.7 Å². The van der Waals surface area contributed by atoms with Crippen LogP contribution in [0.1, 0.15) is 30.8 Å². The van der Waals surface area contributed by atoms with E-state index in [1.165, 1.54) is 12.3 Å². The van der Waals surface area contributed by atoms with Crippen LogP contribution in [0.3, 0.4) is 0 Å². The number of hydrogen-bond donors (Lipinski definition) is 0. The van der Waals surface area contributed by atoms with E-state index >= 15 is 0 Å². The quantitative estimate of drug-likeness (QED) is 0.578. The Labute approximate surface area is 162 Å². The number of carbonyl (C=O) groups is 1. The van der Waals surface area contributed by atoms with E-state index in [1.54, 1.807) is 30.1 Å². The predicted molar refractivity (Wildman–Crippen MR) is 103 cm³/mol. The molecule has 3 aromatic rings. The summed E-state index contributed by atoms with van der Waals surface area (Å²) in [4.78, 5) is 18.3. The summed E-state index contributed by atoms with van der Waals surface area (Å²) < 4.78 is 19.4. The lowest BCUT2D eigenvalue weighted by molar-refractivity contribution is -0.131. The topological polar surface area (TPSA) is 46.3 Å². The molecule has 0 radical (unpaired) electrons. The van der Waals surface area contributed by atoms with Crippen molar-refractivity contribution in [2.45, 2.75) is 25.8 Å². The molecule has 0 fully saturated rings. The molecule has 0 aliphatic carbocycles. The molecule has 6 heteroatoms. The van der Waals surface area contributed by atoms with Gasteiger partial charge in [-0.2, -0.15) is 0 Å². The van der Waals surface area contributed by atoms with Gasteiger partial charge >= 0.3 is 0 Å². The van der Waals surface area contributed by atoms with Gasteiger partial charge in [0.25, 0.3) is 0 Å². The van der Waals surface area contributed by atoms with Crippen LogP contribution in [0.5, 0.6) is 0 Å². The van der Waals surface area contributed by atoms with Crippen LogP contribution in [0.2, 0.25) is 5.02 Å². The Kier molecular flexibility index (Phi) is 5.91. The van der Waals surface area contributed by atoms with Crippen LogP contribution in [-0.2, 0) is 11.2 Å². The van der Waals surface area contributed by atoms with Crippen molar-refractivity contribution in [3.8, 4) is 11.3 Å². The maximum absolute atomic E-state index is 13.8. The number of halogens is 2. The summed E-state index contributed by atoms with van der Waals surface area (Å²) in [6, 6.07) is 13.7. The first kappa shape index (κ1) is 19.1. The first-order valence-corrected chi connectivity index (χ1v) is 9.04. The van der Waals surface area contributed by atoms with Crippen molar-refractivity contribution in [2.24, 2.45) is 0 Å². The molecule has 1 heterocycles. The highest BCUT2D eigenvalue weighted by Crippen LogP contribution is 2.24. The van der Waals surface area contributed by atoms with E-state index < -0.39 is 0 Å². The lowest BCUT2D eigenvalue weighted by Gasteiger charge is -2.25. The monoisotopic (exact) mass is 386 g/mol. The standard InChI is InChI=1S/C21H20ClFN2O2/c1-14(15-7-9-16(22)10-8-15)25(2)21(26)12-11-20-24-13-19(27-20)17-5-3-4-6-18(17)23/h3-10,13-14H,11-12H2,1-2H3/t14-/m0/s1. The highest BCUT2D eigenvalue weighted by Gasteiger charge is 2.18. The molecule has 0 unspecified atom stereocenters. The summed E-state index contributed by atoms with van der Waals surface area (Å²) in [5.74, 6) is 0.378.